The van der Waals surface area contributed by atoms with Crippen LogP contribution in [0.25, 0.3) is 0 Å². The minimum atomic E-state index is -0.241. The molecule has 0 spiro atoms. The van der Waals surface area contributed by atoms with Gasteiger partial charge in [0.05, 0.1) is 19.7 Å². The van der Waals surface area contributed by atoms with Crippen molar-refractivity contribution in [1.29, 1.82) is 0 Å². The second-order valence-electron chi connectivity index (χ2n) is 6.79. The van der Waals surface area contributed by atoms with Crippen LogP contribution in [0.3, 0.4) is 0 Å². The van der Waals surface area contributed by atoms with Gasteiger partial charge in [-0.3, -0.25) is 9.69 Å². The Balaban J connectivity index is 1.60. The molecule has 0 aliphatic heterocycles. The molecule has 1 aliphatic carbocycles. The first-order chi connectivity index (χ1) is 12.6. The molecule has 0 heterocycles. The summed E-state index contributed by atoms with van der Waals surface area (Å²) in [5.41, 5.74) is 1.98. The molecule has 1 saturated carbocycles. The van der Waals surface area contributed by atoms with E-state index < -0.39 is 0 Å². The summed E-state index contributed by atoms with van der Waals surface area (Å²) in [6.07, 6.45) is 2.22. The number of hydrogen-bond donors (Lipinski definition) is 1. The Labute approximate surface area is 154 Å². The molecule has 1 aliphatic rings. The Kier molecular flexibility index (Phi) is 5.89. The second kappa shape index (κ2) is 8.32. The van der Waals surface area contributed by atoms with Gasteiger partial charge >= 0.3 is 0 Å². The van der Waals surface area contributed by atoms with Crippen LogP contribution >= 0.6 is 0 Å². The molecular weight excluding hydrogens is 331 g/mol. The van der Waals surface area contributed by atoms with Gasteiger partial charge in [-0.15, -0.1) is 0 Å². The third-order valence-electron chi connectivity index (χ3n) is 4.69. The lowest BCUT2D eigenvalue weighted by atomic mass is 10.1. The first-order valence-electron chi connectivity index (χ1n) is 8.97. The number of halogens is 1. The number of carbonyl (C=O) groups excluding carboxylic acids is 1. The first-order valence-corrected chi connectivity index (χ1v) is 8.97. The molecule has 0 saturated heterocycles. The quantitative estimate of drug-likeness (QED) is 0.785. The van der Waals surface area contributed by atoms with Crippen LogP contribution in [0.5, 0.6) is 5.75 Å². The summed E-state index contributed by atoms with van der Waals surface area (Å²) in [6, 6.07) is 14.5. The Morgan fingerprint density at radius 1 is 1.23 bits per heavy atom. The van der Waals surface area contributed by atoms with Gasteiger partial charge < -0.3 is 10.1 Å². The van der Waals surface area contributed by atoms with E-state index in [1.165, 1.54) is 12.1 Å². The number of amides is 1. The zero-order chi connectivity index (χ0) is 18.5. The van der Waals surface area contributed by atoms with Crippen molar-refractivity contribution in [1.82, 2.24) is 10.2 Å². The van der Waals surface area contributed by atoms with Crippen molar-refractivity contribution < 1.29 is 13.9 Å². The van der Waals surface area contributed by atoms with E-state index in [1.54, 1.807) is 19.2 Å². The maximum absolute atomic E-state index is 13.1. The predicted molar refractivity (Wildman–Crippen MR) is 99.4 cm³/mol. The molecule has 26 heavy (non-hydrogen) atoms. The lowest BCUT2D eigenvalue weighted by Gasteiger charge is -2.23. The van der Waals surface area contributed by atoms with Crippen LogP contribution in [-0.2, 0) is 11.3 Å². The SMILES string of the molecule is COc1ccccc1C(C)NC(=O)CN(Cc1ccc(F)cc1)C1CC1. The fraction of sp³-hybridized carbons (Fsp3) is 0.381. The lowest BCUT2D eigenvalue weighted by molar-refractivity contribution is -0.123. The summed E-state index contributed by atoms with van der Waals surface area (Å²) < 4.78 is 18.5. The maximum Gasteiger partial charge on any atom is 0.234 e. The van der Waals surface area contributed by atoms with E-state index in [0.717, 1.165) is 29.7 Å². The number of methoxy groups -OCH3 is 1. The van der Waals surface area contributed by atoms with E-state index in [0.29, 0.717) is 19.1 Å². The summed E-state index contributed by atoms with van der Waals surface area (Å²) in [5.74, 6) is 0.512. The van der Waals surface area contributed by atoms with Crippen molar-refractivity contribution in [2.24, 2.45) is 0 Å². The third-order valence-corrected chi connectivity index (χ3v) is 4.69. The molecule has 2 aromatic rings. The van der Waals surface area contributed by atoms with Gasteiger partial charge in [-0.1, -0.05) is 30.3 Å². The fourth-order valence-electron chi connectivity index (χ4n) is 3.15. The van der Waals surface area contributed by atoms with E-state index in [2.05, 4.69) is 10.2 Å². The molecule has 1 amide bonds. The van der Waals surface area contributed by atoms with Gasteiger partial charge in [-0.25, -0.2) is 4.39 Å². The van der Waals surface area contributed by atoms with Gasteiger partial charge in [-0.05, 0) is 43.5 Å². The van der Waals surface area contributed by atoms with Crippen LogP contribution in [0.4, 0.5) is 4.39 Å². The number of ether oxygens (including phenoxy) is 1. The third kappa shape index (κ3) is 4.82. The monoisotopic (exact) mass is 356 g/mol. The van der Waals surface area contributed by atoms with E-state index >= 15 is 0 Å². The van der Waals surface area contributed by atoms with Crippen LogP contribution < -0.4 is 10.1 Å². The Morgan fingerprint density at radius 2 is 1.92 bits per heavy atom. The van der Waals surface area contributed by atoms with E-state index in [1.807, 2.05) is 31.2 Å². The smallest absolute Gasteiger partial charge is 0.234 e. The van der Waals surface area contributed by atoms with Crippen LogP contribution in [0.2, 0.25) is 0 Å². The number of benzene rings is 2. The van der Waals surface area contributed by atoms with Gasteiger partial charge in [-0.2, -0.15) is 0 Å². The molecule has 2 aromatic carbocycles. The van der Waals surface area contributed by atoms with Crippen LogP contribution in [0, 0.1) is 5.82 Å². The normalized spacial score (nSPS) is 14.9. The van der Waals surface area contributed by atoms with Crippen molar-refractivity contribution >= 4 is 5.91 Å². The van der Waals surface area contributed by atoms with Crippen LogP contribution in [0.1, 0.15) is 36.9 Å². The minimum absolute atomic E-state index is 0.0163. The zero-order valence-corrected chi connectivity index (χ0v) is 15.2. The molecule has 0 bridgehead atoms. The molecule has 4 nitrogen and oxygen atoms in total. The van der Waals surface area contributed by atoms with Crippen molar-refractivity contribution in [3.8, 4) is 5.75 Å². The summed E-state index contributed by atoms with van der Waals surface area (Å²) in [4.78, 5) is 14.7. The van der Waals surface area contributed by atoms with E-state index in [4.69, 9.17) is 4.74 Å². The van der Waals surface area contributed by atoms with E-state index in [-0.39, 0.29) is 17.8 Å². The molecule has 3 rings (SSSR count). The van der Waals surface area contributed by atoms with Crippen molar-refractivity contribution in [2.75, 3.05) is 13.7 Å². The maximum atomic E-state index is 13.1. The fourth-order valence-corrected chi connectivity index (χ4v) is 3.15. The van der Waals surface area contributed by atoms with Gasteiger partial charge in [0.1, 0.15) is 11.6 Å². The molecule has 5 heteroatoms. The number of hydrogen-bond acceptors (Lipinski definition) is 3. The average Bonchev–Trinajstić information content (AvgIpc) is 3.48. The highest BCUT2D eigenvalue weighted by Crippen LogP contribution is 2.28. The number of rotatable bonds is 8. The van der Waals surface area contributed by atoms with Crippen molar-refractivity contribution in [2.45, 2.75) is 38.4 Å². The molecule has 138 valence electrons. The second-order valence-corrected chi connectivity index (χ2v) is 6.79. The highest BCUT2D eigenvalue weighted by Gasteiger charge is 2.30. The van der Waals surface area contributed by atoms with Crippen LogP contribution in [-0.4, -0.2) is 30.5 Å². The molecule has 0 aromatic heterocycles. The average molecular weight is 356 g/mol. The lowest BCUT2D eigenvalue weighted by Crippen LogP contribution is -2.39. The minimum Gasteiger partial charge on any atom is -0.496 e. The van der Waals surface area contributed by atoms with Crippen molar-refractivity contribution in [3.05, 3.63) is 65.5 Å². The molecular formula is C21H25FN2O2. The topological polar surface area (TPSA) is 41.6 Å². The Morgan fingerprint density at radius 3 is 2.58 bits per heavy atom. The number of nitrogens with one attached hydrogen (secondary N) is 1. The Hall–Kier alpha value is -2.40. The number of carbonyl (C=O) groups is 1. The largest absolute Gasteiger partial charge is 0.496 e. The molecule has 1 fully saturated rings. The summed E-state index contributed by atoms with van der Waals surface area (Å²) >= 11 is 0. The standard InChI is InChI=1S/C21H25FN2O2/c1-15(19-5-3-4-6-20(19)26-2)23-21(25)14-24(18-11-12-18)13-16-7-9-17(22)10-8-16/h3-10,15,18H,11-14H2,1-2H3,(H,23,25). The highest BCUT2D eigenvalue weighted by atomic mass is 19.1. The molecule has 1 atom stereocenters. The number of nitrogens with zero attached hydrogens (tertiary/aromatic N) is 1. The summed E-state index contributed by atoms with van der Waals surface area (Å²) in [7, 11) is 1.63. The Bertz CT molecular complexity index is 744. The molecule has 1 N–H and O–H groups in total. The summed E-state index contributed by atoms with van der Waals surface area (Å²) in [6.45, 7) is 2.94. The number of para-hydroxylation sites is 1. The first kappa shape index (κ1) is 18.4. The molecule has 0 radical (unpaired) electrons. The van der Waals surface area contributed by atoms with Gasteiger partial charge in [0.25, 0.3) is 0 Å². The van der Waals surface area contributed by atoms with Gasteiger partial charge in [0.15, 0.2) is 0 Å². The highest BCUT2D eigenvalue weighted by molar-refractivity contribution is 5.78. The van der Waals surface area contributed by atoms with Gasteiger partial charge in [0, 0.05) is 18.2 Å². The molecule has 1 unspecified atom stereocenters. The summed E-state index contributed by atoms with van der Waals surface area (Å²) in [5, 5.41) is 3.06. The predicted octanol–water partition coefficient (Wildman–Crippen LogP) is 3.68. The van der Waals surface area contributed by atoms with Gasteiger partial charge in [0.2, 0.25) is 5.91 Å². The zero-order valence-electron chi connectivity index (χ0n) is 15.2. The van der Waals surface area contributed by atoms with Crippen molar-refractivity contribution in [3.63, 3.8) is 0 Å². The van der Waals surface area contributed by atoms with E-state index in [9.17, 15) is 9.18 Å². The van der Waals surface area contributed by atoms with Crippen LogP contribution in [0.15, 0.2) is 48.5 Å².